The average molecular weight is 291 g/mol. The Labute approximate surface area is 123 Å². The Kier molecular flexibility index (Phi) is 3.92. The summed E-state index contributed by atoms with van der Waals surface area (Å²) in [5, 5.41) is 2.94. The van der Waals surface area contributed by atoms with Crippen LogP contribution in [0, 0.1) is 5.92 Å². The molecule has 1 amide bonds. The lowest BCUT2D eigenvalue weighted by atomic mass is 9.91. The minimum Gasteiger partial charge on any atom is -0.384 e. The number of anilines is 2. The predicted octanol–water partition coefficient (Wildman–Crippen LogP) is 0.310. The number of nitrogens with two attached hydrogens (primary N) is 1. The molecule has 0 saturated carbocycles. The van der Waals surface area contributed by atoms with Gasteiger partial charge in [-0.1, -0.05) is 0 Å². The molecular formula is C14H21N5O2. The van der Waals surface area contributed by atoms with E-state index in [2.05, 4.69) is 20.2 Å². The topological polar surface area (TPSA) is 93.4 Å². The third-order valence-corrected chi connectivity index (χ3v) is 4.11. The van der Waals surface area contributed by atoms with Gasteiger partial charge in [0.05, 0.1) is 12.0 Å². The SMILES string of the molecule is CCOCc1nc(N)cc(N2CCCC3C(=O)NCC32)n1. The molecule has 1 aromatic rings. The van der Waals surface area contributed by atoms with Gasteiger partial charge in [-0.3, -0.25) is 4.79 Å². The van der Waals surface area contributed by atoms with Crippen molar-refractivity contribution in [2.75, 3.05) is 30.3 Å². The van der Waals surface area contributed by atoms with Gasteiger partial charge >= 0.3 is 0 Å². The quantitative estimate of drug-likeness (QED) is 0.829. The molecule has 21 heavy (non-hydrogen) atoms. The summed E-state index contributed by atoms with van der Waals surface area (Å²) in [6, 6.07) is 1.95. The van der Waals surface area contributed by atoms with E-state index in [1.807, 2.05) is 6.92 Å². The largest absolute Gasteiger partial charge is 0.384 e. The first-order valence-electron chi connectivity index (χ1n) is 7.44. The van der Waals surface area contributed by atoms with Crippen LogP contribution in [0.25, 0.3) is 0 Å². The number of nitrogens with one attached hydrogen (secondary N) is 1. The summed E-state index contributed by atoms with van der Waals surface area (Å²) < 4.78 is 5.36. The van der Waals surface area contributed by atoms with E-state index < -0.39 is 0 Å². The Morgan fingerprint density at radius 3 is 3.19 bits per heavy atom. The van der Waals surface area contributed by atoms with Crippen molar-refractivity contribution in [3.05, 3.63) is 11.9 Å². The lowest BCUT2D eigenvalue weighted by Crippen LogP contribution is -2.46. The van der Waals surface area contributed by atoms with Crippen molar-refractivity contribution in [3.8, 4) is 0 Å². The normalized spacial score (nSPS) is 24.8. The number of nitrogens with zero attached hydrogens (tertiary/aromatic N) is 3. The van der Waals surface area contributed by atoms with Crippen LogP contribution in [0.2, 0.25) is 0 Å². The van der Waals surface area contributed by atoms with Crippen LogP contribution in [-0.4, -0.2) is 41.6 Å². The van der Waals surface area contributed by atoms with Crippen molar-refractivity contribution in [3.63, 3.8) is 0 Å². The molecule has 1 aromatic heterocycles. The van der Waals surface area contributed by atoms with E-state index in [-0.39, 0.29) is 17.9 Å². The number of carbonyl (C=O) groups excluding carboxylic acids is 1. The number of nitrogen functional groups attached to an aromatic ring is 1. The summed E-state index contributed by atoms with van der Waals surface area (Å²) in [5.74, 6) is 2.04. The van der Waals surface area contributed by atoms with E-state index in [4.69, 9.17) is 10.5 Å². The van der Waals surface area contributed by atoms with Gasteiger partial charge in [0, 0.05) is 25.8 Å². The van der Waals surface area contributed by atoms with E-state index in [0.717, 1.165) is 25.2 Å². The molecule has 2 atom stereocenters. The van der Waals surface area contributed by atoms with Crippen LogP contribution >= 0.6 is 0 Å². The molecule has 2 saturated heterocycles. The van der Waals surface area contributed by atoms with Crippen LogP contribution in [0.15, 0.2) is 6.07 Å². The maximum Gasteiger partial charge on any atom is 0.225 e. The summed E-state index contributed by atoms with van der Waals surface area (Å²) >= 11 is 0. The number of piperidine rings is 1. The van der Waals surface area contributed by atoms with Crippen molar-refractivity contribution < 1.29 is 9.53 Å². The highest BCUT2D eigenvalue weighted by Crippen LogP contribution is 2.31. The van der Waals surface area contributed by atoms with Crippen LogP contribution < -0.4 is 16.0 Å². The van der Waals surface area contributed by atoms with Gasteiger partial charge < -0.3 is 20.7 Å². The van der Waals surface area contributed by atoms with E-state index in [1.165, 1.54) is 0 Å². The molecule has 0 radical (unpaired) electrons. The number of carbonyl (C=O) groups is 1. The van der Waals surface area contributed by atoms with Crippen molar-refractivity contribution in [2.45, 2.75) is 32.4 Å². The fourth-order valence-corrected chi connectivity index (χ4v) is 3.14. The molecule has 3 heterocycles. The molecule has 0 bridgehead atoms. The Morgan fingerprint density at radius 2 is 2.38 bits per heavy atom. The third kappa shape index (κ3) is 2.78. The first-order valence-corrected chi connectivity index (χ1v) is 7.44. The number of hydrogen-bond donors (Lipinski definition) is 2. The molecule has 7 heteroatoms. The van der Waals surface area contributed by atoms with Gasteiger partial charge in [-0.15, -0.1) is 0 Å². The second kappa shape index (κ2) is 5.85. The molecule has 3 N–H and O–H groups in total. The van der Waals surface area contributed by atoms with E-state index in [1.54, 1.807) is 6.07 Å². The zero-order valence-corrected chi connectivity index (χ0v) is 12.2. The summed E-state index contributed by atoms with van der Waals surface area (Å²) in [6.45, 7) is 4.46. The van der Waals surface area contributed by atoms with Crippen LogP contribution in [0.3, 0.4) is 0 Å². The lowest BCUT2D eigenvalue weighted by molar-refractivity contribution is -0.122. The van der Waals surface area contributed by atoms with Gasteiger partial charge in [-0.05, 0) is 19.8 Å². The van der Waals surface area contributed by atoms with Gasteiger partial charge in [-0.25, -0.2) is 9.97 Å². The van der Waals surface area contributed by atoms with E-state index >= 15 is 0 Å². The van der Waals surface area contributed by atoms with Crippen LogP contribution in [-0.2, 0) is 16.1 Å². The van der Waals surface area contributed by atoms with E-state index in [0.29, 0.717) is 31.4 Å². The minimum absolute atomic E-state index is 0.0604. The van der Waals surface area contributed by atoms with Crippen LogP contribution in [0.5, 0.6) is 0 Å². The van der Waals surface area contributed by atoms with Gasteiger partial charge in [0.1, 0.15) is 18.2 Å². The minimum atomic E-state index is 0.0604. The Bertz CT molecular complexity index is 536. The third-order valence-electron chi connectivity index (χ3n) is 4.11. The second-order valence-electron chi connectivity index (χ2n) is 5.46. The first-order chi connectivity index (χ1) is 10.2. The lowest BCUT2D eigenvalue weighted by Gasteiger charge is -2.36. The maximum atomic E-state index is 11.8. The summed E-state index contributed by atoms with van der Waals surface area (Å²) in [4.78, 5) is 22.8. The van der Waals surface area contributed by atoms with Gasteiger partial charge in [0.2, 0.25) is 5.91 Å². The molecule has 2 unspecified atom stereocenters. The number of hydrogen-bond acceptors (Lipinski definition) is 6. The van der Waals surface area contributed by atoms with Crippen LogP contribution in [0.1, 0.15) is 25.6 Å². The van der Waals surface area contributed by atoms with Crippen molar-refractivity contribution in [1.82, 2.24) is 15.3 Å². The fraction of sp³-hybridized carbons (Fsp3) is 0.643. The second-order valence-corrected chi connectivity index (χ2v) is 5.46. The molecule has 0 spiro atoms. The Balaban J connectivity index is 1.85. The fourth-order valence-electron chi connectivity index (χ4n) is 3.14. The highest BCUT2D eigenvalue weighted by atomic mass is 16.5. The highest BCUT2D eigenvalue weighted by Gasteiger charge is 2.41. The summed E-state index contributed by atoms with van der Waals surface area (Å²) in [5.41, 5.74) is 5.89. The van der Waals surface area contributed by atoms with Crippen molar-refractivity contribution in [1.29, 1.82) is 0 Å². The number of ether oxygens (including phenoxy) is 1. The summed E-state index contributed by atoms with van der Waals surface area (Å²) in [7, 11) is 0. The molecule has 7 nitrogen and oxygen atoms in total. The zero-order chi connectivity index (χ0) is 14.8. The molecule has 2 fully saturated rings. The monoisotopic (exact) mass is 291 g/mol. The first kappa shape index (κ1) is 14.1. The molecule has 3 rings (SSSR count). The standard InChI is InChI=1S/C14H21N5O2/c1-2-21-8-12-17-11(15)6-13(18-12)19-5-3-4-9-10(19)7-16-14(9)20/h6,9-10H,2-5,7-8H2,1H3,(H,16,20)(H2,15,17,18). The number of fused-ring (bicyclic) bond motifs is 1. The Morgan fingerprint density at radius 1 is 1.52 bits per heavy atom. The molecule has 2 aliphatic heterocycles. The van der Waals surface area contributed by atoms with Crippen molar-refractivity contribution >= 4 is 17.5 Å². The number of amides is 1. The molecule has 0 aromatic carbocycles. The summed E-state index contributed by atoms with van der Waals surface area (Å²) in [6.07, 6.45) is 1.93. The number of aromatic nitrogens is 2. The van der Waals surface area contributed by atoms with Crippen molar-refractivity contribution in [2.24, 2.45) is 5.92 Å². The average Bonchev–Trinajstić information content (AvgIpc) is 2.86. The zero-order valence-electron chi connectivity index (χ0n) is 12.2. The molecule has 2 aliphatic rings. The highest BCUT2D eigenvalue weighted by molar-refractivity contribution is 5.83. The van der Waals surface area contributed by atoms with E-state index in [9.17, 15) is 4.79 Å². The molecule has 0 aliphatic carbocycles. The smallest absolute Gasteiger partial charge is 0.225 e. The number of rotatable bonds is 4. The van der Waals surface area contributed by atoms with Gasteiger partial charge in [-0.2, -0.15) is 0 Å². The Hall–Kier alpha value is -1.89. The van der Waals surface area contributed by atoms with Gasteiger partial charge in [0.25, 0.3) is 0 Å². The molecule has 114 valence electrons. The maximum absolute atomic E-state index is 11.8. The predicted molar refractivity (Wildman–Crippen MR) is 78.6 cm³/mol. The van der Waals surface area contributed by atoms with Gasteiger partial charge in [0.15, 0.2) is 5.82 Å². The van der Waals surface area contributed by atoms with Crippen LogP contribution in [0.4, 0.5) is 11.6 Å². The molecular weight excluding hydrogens is 270 g/mol.